The average Bonchev–Trinajstić information content (AvgIpc) is 2.23. The van der Waals surface area contributed by atoms with Gasteiger partial charge in [0.05, 0.1) is 0 Å². The largest absolute Gasteiger partial charge is 0.378 e. The van der Waals surface area contributed by atoms with Crippen LogP contribution in [-0.4, -0.2) is 6.04 Å². The molecule has 1 aromatic carbocycles. The molecule has 1 aliphatic rings. The van der Waals surface area contributed by atoms with Gasteiger partial charge in [-0.2, -0.15) is 0 Å². The summed E-state index contributed by atoms with van der Waals surface area (Å²) in [7, 11) is 0. The average molecular weight is 299 g/mol. The van der Waals surface area contributed by atoms with Gasteiger partial charge in [0, 0.05) is 15.3 Å². The summed E-state index contributed by atoms with van der Waals surface area (Å²) in [5, 5.41) is 3.55. The molecule has 0 aromatic heterocycles. The third-order valence-corrected chi connectivity index (χ3v) is 3.41. The minimum Gasteiger partial charge on any atom is -0.378 e. The number of allylic oxidation sites excluding steroid dienone is 1. The maximum Gasteiger partial charge on any atom is 0.0480 e. The van der Waals surface area contributed by atoms with Crippen LogP contribution in [0.1, 0.15) is 19.3 Å². The van der Waals surface area contributed by atoms with E-state index in [1.54, 1.807) is 0 Å². The van der Waals surface area contributed by atoms with Crippen LogP contribution in [-0.2, 0) is 0 Å². The summed E-state index contributed by atoms with van der Waals surface area (Å²) in [6, 6.07) is 8.96. The van der Waals surface area contributed by atoms with Crippen LogP contribution < -0.4 is 5.32 Å². The highest BCUT2D eigenvalue weighted by Gasteiger charge is 2.08. The van der Waals surface area contributed by atoms with Crippen molar-refractivity contribution in [2.75, 3.05) is 5.32 Å². The van der Waals surface area contributed by atoms with Gasteiger partial charge in [0.2, 0.25) is 0 Å². The van der Waals surface area contributed by atoms with E-state index >= 15 is 0 Å². The fourth-order valence-electron chi connectivity index (χ4n) is 1.71. The standard InChI is InChI=1S/C12H14IN/c13-11-8-4-5-9-12(11)14-10-6-2-1-3-7-10/h2,4-6,8-10,14H,1,3,7H2/t10-/m1/s1. The van der Waals surface area contributed by atoms with E-state index in [-0.39, 0.29) is 0 Å². The van der Waals surface area contributed by atoms with E-state index in [1.807, 2.05) is 0 Å². The van der Waals surface area contributed by atoms with Crippen molar-refractivity contribution < 1.29 is 0 Å². The number of para-hydroxylation sites is 1. The fourth-order valence-corrected chi connectivity index (χ4v) is 2.25. The van der Waals surface area contributed by atoms with Gasteiger partial charge in [-0.05, 0) is 54.0 Å². The van der Waals surface area contributed by atoms with Crippen LogP contribution in [0.5, 0.6) is 0 Å². The van der Waals surface area contributed by atoms with Gasteiger partial charge in [-0.25, -0.2) is 0 Å². The molecule has 0 fully saturated rings. The summed E-state index contributed by atoms with van der Waals surface area (Å²) in [6.45, 7) is 0. The Morgan fingerprint density at radius 3 is 2.86 bits per heavy atom. The third kappa shape index (κ3) is 2.50. The van der Waals surface area contributed by atoms with Gasteiger partial charge in [0.1, 0.15) is 0 Å². The first kappa shape index (κ1) is 10.0. The van der Waals surface area contributed by atoms with E-state index in [2.05, 4.69) is 64.3 Å². The van der Waals surface area contributed by atoms with Crippen LogP contribution in [0.2, 0.25) is 0 Å². The lowest BCUT2D eigenvalue weighted by molar-refractivity contribution is 0.673. The highest BCUT2D eigenvalue weighted by molar-refractivity contribution is 14.1. The molecule has 74 valence electrons. The second kappa shape index (κ2) is 4.82. The quantitative estimate of drug-likeness (QED) is 0.647. The normalized spacial score (nSPS) is 20.8. The van der Waals surface area contributed by atoms with Crippen molar-refractivity contribution in [3.63, 3.8) is 0 Å². The number of rotatable bonds is 2. The second-order valence-corrected chi connectivity index (χ2v) is 4.75. The van der Waals surface area contributed by atoms with Crippen LogP contribution >= 0.6 is 22.6 Å². The van der Waals surface area contributed by atoms with Crippen molar-refractivity contribution in [3.05, 3.63) is 40.0 Å². The fraction of sp³-hybridized carbons (Fsp3) is 0.333. The summed E-state index contributed by atoms with van der Waals surface area (Å²) in [5.41, 5.74) is 1.25. The van der Waals surface area contributed by atoms with Crippen LogP contribution in [0.15, 0.2) is 36.4 Å². The van der Waals surface area contributed by atoms with Gasteiger partial charge in [0.25, 0.3) is 0 Å². The first-order valence-corrected chi connectivity index (χ1v) is 6.12. The molecule has 0 amide bonds. The minimum atomic E-state index is 0.527. The van der Waals surface area contributed by atoms with E-state index in [0.29, 0.717) is 6.04 Å². The van der Waals surface area contributed by atoms with Crippen molar-refractivity contribution in [2.24, 2.45) is 0 Å². The van der Waals surface area contributed by atoms with Crippen molar-refractivity contribution in [1.29, 1.82) is 0 Å². The molecule has 0 bridgehead atoms. The van der Waals surface area contributed by atoms with Crippen molar-refractivity contribution in [2.45, 2.75) is 25.3 Å². The highest BCUT2D eigenvalue weighted by atomic mass is 127. The van der Waals surface area contributed by atoms with Crippen molar-refractivity contribution >= 4 is 28.3 Å². The molecule has 1 nitrogen and oxygen atoms in total. The predicted molar refractivity (Wildman–Crippen MR) is 69.6 cm³/mol. The first-order valence-electron chi connectivity index (χ1n) is 5.04. The molecule has 1 aromatic rings. The Bertz CT molecular complexity index is 333. The highest BCUT2D eigenvalue weighted by Crippen LogP contribution is 2.21. The zero-order chi connectivity index (χ0) is 9.80. The Hall–Kier alpha value is -0.510. The van der Waals surface area contributed by atoms with Crippen molar-refractivity contribution in [3.8, 4) is 0 Å². The third-order valence-electron chi connectivity index (χ3n) is 2.47. The monoisotopic (exact) mass is 299 g/mol. The molecule has 0 saturated carbocycles. The van der Waals surface area contributed by atoms with Gasteiger partial charge in [-0.15, -0.1) is 0 Å². The van der Waals surface area contributed by atoms with Gasteiger partial charge >= 0.3 is 0 Å². The molecule has 2 rings (SSSR count). The smallest absolute Gasteiger partial charge is 0.0480 e. The molecule has 0 spiro atoms. The van der Waals surface area contributed by atoms with Crippen LogP contribution in [0.25, 0.3) is 0 Å². The lowest BCUT2D eigenvalue weighted by atomic mass is 10.0. The summed E-state index contributed by atoms with van der Waals surface area (Å²) >= 11 is 2.37. The molecule has 0 saturated heterocycles. The molecule has 0 heterocycles. The number of benzene rings is 1. The van der Waals surface area contributed by atoms with Gasteiger partial charge in [-0.1, -0.05) is 24.3 Å². The van der Waals surface area contributed by atoms with Gasteiger partial charge < -0.3 is 5.32 Å². The summed E-state index contributed by atoms with van der Waals surface area (Å²) in [4.78, 5) is 0. The summed E-state index contributed by atoms with van der Waals surface area (Å²) in [6.07, 6.45) is 8.35. The number of halogens is 1. The number of anilines is 1. The molecule has 14 heavy (non-hydrogen) atoms. The zero-order valence-corrected chi connectivity index (χ0v) is 10.2. The Morgan fingerprint density at radius 1 is 1.29 bits per heavy atom. The van der Waals surface area contributed by atoms with Gasteiger partial charge in [-0.3, -0.25) is 0 Å². The summed E-state index contributed by atoms with van der Waals surface area (Å²) < 4.78 is 1.30. The Kier molecular flexibility index (Phi) is 3.45. The van der Waals surface area contributed by atoms with E-state index < -0.39 is 0 Å². The van der Waals surface area contributed by atoms with Gasteiger partial charge in [0.15, 0.2) is 0 Å². The van der Waals surface area contributed by atoms with Crippen LogP contribution in [0.3, 0.4) is 0 Å². The number of hydrogen-bond acceptors (Lipinski definition) is 1. The molecule has 1 atom stereocenters. The lowest BCUT2D eigenvalue weighted by Crippen LogP contribution is -2.19. The van der Waals surface area contributed by atoms with E-state index in [1.165, 1.54) is 28.5 Å². The molecular formula is C12H14IN. The zero-order valence-electron chi connectivity index (χ0n) is 8.04. The molecule has 1 N–H and O–H groups in total. The molecule has 0 unspecified atom stereocenters. The predicted octanol–water partition coefficient (Wildman–Crippen LogP) is 3.81. The number of hydrogen-bond donors (Lipinski definition) is 1. The maximum absolute atomic E-state index is 3.55. The molecule has 0 aliphatic heterocycles. The Morgan fingerprint density at radius 2 is 2.14 bits per heavy atom. The minimum absolute atomic E-state index is 0.527. The van der Waals surface area contributed by atoms with Crippen LogP contribution in [0.4, 0.5) is 5.69 Å². The van der Waals surface area contributed by atoms with E-state index in [4.69, 9.17) is 0 Å². The molecular weight excluding hydrogens is 285 g/mol. The topological polar surface area (TPSA) is 12.0 Å². The lowest BCUT2D eigenvalue weighted by Gasteiger charge is -2.19. The Labute approximate surface area is 98.7 Å². The SMILES string of the molecule is Ic1ccccc1N[C@@H]1C=CCCC1. The molecule has 1 aliphatic carbocycles. The van der Waals surface area contributed by atoms with E-state index in [9.17, 15) is 0 Å². The first-order chi connectivity index (χ1) is 6.86. The van der Waals surface area contributed by atoms with Crippen molar-refractivity contribution in [1.82, 2.24) is 0 Å². The Balaban J connectivity index is 2.06. The molecule has 2 heteroatoms. The molecule has 0 radical (unpaired) electrons. The second-order valence-electron chi connectivity index (χ2n) is 3.59. The maximum atomic E-state index is 3.55. The van der Waals surface area contributed by atoms with E-state index in [0.717, 1.165) is 0 Å². The number of nitrogens with one attached hydrogen (secondary N) is 1. The summed E-state index contributed by atoms with van der Waals surface area (Å²) in [5.74, 6) is 0. The van der Waals surface area contributed by atoms with Crippen LogP contribution in [0, 0.1) is 3.57 Å².